The lowest BCUT2D eigenvalue weighted by atomic mass is 9.99. The fourth-order valence-corrected chi connectivity index (χ4v) is 7.78. The molecule has 2 aromatic heterocycles. The number of hydrogen-bond donors (Lipinski definition) is 0. The largest absolute Gasteiger partial charge is 0.456 e. The van der Waals surface area contributed by atoms with Crippen molar-refractivity contribution in [1.82, 2.24) is 0 Å². The van der Waals surface area contributed by atoms with Gasteiger partial charge in [0.25, 0.3) is 0 Å². The van der Waals surface area contributed by atoms with Gasteiger partial charge in [0.05, 0.1) is 10.4 Å². The average Bonchev–Trinajstić information content (AvgIpc) is 3.68. The molecule has 0 aliphatic heterocycles. The van der Waals surface area contributed by atoms with Gasteiger partial charge in [-0.3, -0.25) is 0 Å². The van der Waals surface area contributed by atoms with Crippen molar-refractivity contribution in [2.45, 2.75) is 0 Å². The van der Waals surface area contributed by atoms with E-state index in [1.54, 1.807) is 0 Å². The van der Waals surface area contributed by atoms with Crippen LogP contribution in [0.3, 0.4) is 0 Å². The van der Waals surface area contributed by atoms with Gasteiger partial charge in [0, 0.05) is 49.2 Å². The van der Waals surface area contributed by atoms with Crippen LogP contribution in [0.15, 0.2) is 168 Å². The van der Waals surface area contributed by atoms with Crippen LogP contribution in [0.25, 0.3) is 64.4 Å². The summed E-state index contributed by atoms with van der Waals surface area (Å²) in [7, 11) is 0. The molecule has 0 saturated heterocycles. The molecule has 0 spiro atoms. The highest BCUT2D eigenvalue weighted by molar-refractivity contribution is 7.26. The van der Waals surface area contributed by atoms with Gasteiger partial charge in [0.1, 0.15) is 11.2 Å². The van der Waals surface area contributed by atoms with Crippen molar-refractivity contribution in [2.75, 3.05) is 4.90 Å². The number of thiophene rings is 1. The van der Waals surface area contributed by atoms with Crippen LogP contribution in [0.2, 0.25) is 0 Å². The zero-order chi connectivity index (χ0) is 29.7. The molecule has 9 aromatic rings. The van der Waals surface area contributed by atoms with Gasteiger partial charge in [-0.1, -0.05) is 121 Å². The maximum Gasteiger partial charge on any atom is 0.137 e. The van der Waals surface area contributed by atoms with Crippen molar-refractivity contribution in [2.24, 2.45) is 0 Å². The number of nitrogens with zero attached hydrogens (tertiary/aromatic N) is 1. The maximum atomic E-state index is 6.42. The van der Waals surface area contributed by atoms with E-state index < -0.39 is 0 Å². The zero-order valence-corrected chi connectivity index (χ0v) is 25.2. The summed E-state index contributed by atoms with van der Waals surface area (Å²) in [5.74, 6) is 0. The van der Waals surface area contributed by atoms with Crippen LogP contribution in [0, 0.1) is 0 Å². The van der Waals surface area contributed by atoms with Crippen molar-refractivity contribution in [3.63, 3.8) is 0 Å². The van der Waals surface area contributed by atoms with E-state index in [9.17, 15) is 0 Å². The Morgan fingerprint density at radius 2 is 1.02 bits per heavy atom. The number of rotatable bonds is 5. The van der Waals surface area contributed by atoms with Gasteiger partial charge in [0.2, 0.25) is 0 Å². The summed E-state index contributed by atoms with van der Waals surface area (Å²) in [5.41, 5.74) is 9.86. The van der Waals surface area contributed by atoms with E-state index in [4.69, 9.17) is 4.42 Å². The van der Waals surface area contributed by atoms with Gasteiger partial charge in [0.15, 0.2) is 0 Å². The first-order valence-electron chi connectivity index (χ1n) is 15.2. The van der Waals surface area contributed by atoms with Gasteiger partial charge < -0.3 is 9.32 Å². The van der Waals surface area contributed by atoms with E-state index in [1.807, 2.05) is 23.5 Å². The SMILES string of the molecule is c1ccc(-c2ccc(N(c3ccc4c(c3)oc3ccccc34)c3c(-c4ccccc4)ccc4c3sc3ccccc34)cc2)cc1. The second-order valence-electron chi connectivity index (χ2n) is 11.3. The fourth-order valence-electron chi connectivity index (χ4n) is 6.54. The highest BCUT2D eigenvalue weighted by Crippen LogP contribution is 2.50. The van der Waals surface area contributed by atoms with Crippen molar-refractivity contribution in [3.8, 4) is 22.3 Å². The number of hydrogen-bond acceptors (Lipinski definition) is 3. The molecule has 2 nitrogen and oxygen atoms in total. The summed E-state index contributed by atoms with van der Waals surface area (Å²) in [6.07, 6.45) is 0. The second-order valence-corrected chi connectivity index (χ2v) is 12.4. The first-order chi connectivity index (χ1) is 22.3. The van der Waals surface area contributed by atoms with Gasteiger partial charge >= 0.3 is 0 Å². The van der Waals surface area contributed by atoms with Crippen LogP contribution in [-0.4, -0.2) is 0 Å². The molecule has 3 heteroatoms. The van der Waals surface area contributed by atoms with Crippen molar-refractivity contribution in [1.29, 1.82) is 0 Å². The summed E-state index contributed by atoms with van der Waals surface area (Å²) in [4.78, 5) is 2.42. The van der Waals surface area contributed by atoms with Gasteiger partial charge in [-0.05, 0) is 53.1 Å². The molecular formula is C42H27NOS. The molecule has 0 unspecified atom stereocenters. The van der Waals surface area contributed by atoms with Crippen LogP contribution in [0.4, 0.5) is 17.1 Å². The topological polar surface area (TPSA) is 16.4 Å². The third kappa shape index (κ3) is 4.32. The molecule has 0 aliphatic carbocycles. The minimum atomic E-state index is 0.879. The van der Waals surface area contributed by atoms with Crippen LogP contribution in [-0.2, 0) is 0 Å². The molecule has 0 amide bonds. The Hall–Kier alpha value is -5.64. The molecule has 0 aliphatic rings. The highest BCUT2D eigenvalue weighted by Gasteiger charge is 2.23. The van der Waals surface area contributed by atoms with E-state index in [0.717, 1.165) is 33.3 Å². The molecule has 45 heavy (non-hydrogen) atoms. The number of anilines is 3. The molecule has 212 valence electrons. The summed E-state index contributed by atoms with van der Waals surface area (Å²) in [6.45, 7) is 0. The van der Waals surface area contributed by atoms with Gasteiger partial charge in [-0.15, -0.1) is 11.3 Å². The van der Waals surface area contributed by atoms with Gasteiger partial charge in [-0.2, -0.15) is 0 Å². The van der Waals surface area contributed by atoms with E-state index in [2.05, 4.69) is 157 Å². The standard InChI is InChI=1S/C42H27NOS/c1-3-11-28(12-4-1)29-19-21-31(22-20-29)43(32-23-24-35-34-15-7-9-17-38(34)44-39(35)27-32)41-33(30-13-5-2-6-14-30)25-26-37-36-16-8-10-18-40(36)45-42(37)41/h1-27H. The first kappa shape index (κ1) is 25.8. The Morgan fingerprint density at radius 3 is 1.82 bits per heavy atom. The normalized spacial score (nSPS) is 11.6. The predicted molar refractivity (Wildman–Crippen MR) is 192 cm³/mol. The lowest BCUT2D eigenvalue weighted by Gasteiger charge is -2.29. The minimum absolute atomic E-state index is 0.879. The van der Waals surface area contributed by atoms with Crippen LogP contribution in [0.5, 0.6) is 0 Å². The summed E-state index contributed by atoms with van der Waals surface area (Å²) in [6, 6.07) is 58.4. The summed E-state index contributed by atoms with van der Waals surface area (Å²) in [5, 5.41) is 4.80. The number of furan rings is 1. The Balaban J connectivity index is 1.34. The van der Waals surface area contributed by atoms with E-state index in [0.29, 0.717) is 0 Å². The minimum Gasteiger partial charge on any atom is -0.456 e. The quantitative estimate of drug-likeness (QED) is 0.197. The second kappa shape index (κ2) is 10.5. The molecule has 0 atom stereocenters. The molecule has 0 fully saturated rings. The Bertz CT molecular complexity index is 2470. The first-order valence-corrected chi connectivity index (χ1v) is 16.0. The number of benzene rings is 7. The molecule has 7 aromatic carbocycles. The van der Waals surface area contributed by atoms with E-state index in [1.165, 1.54) is 48.1 Å². The van der Waals surface area contributed by atoms with Crippen LogP contribution in [0.1, 0.15) is 0 Å². The molecule has 0 saturated carbocycles. The summed E-state index contributed by atoms with van der Waals surface area (Å²) < 4.78 is 8.96. The lowest BCUT2D eigenvalue weighted by molar-refractivity contribution is 0.669. The van der Waals surface area contributed by atoms with Crippen molar-refractivity contribution in [3.05, 3.63) is 164 Å². The molecular weight excluding hydrogens is 567 g/mol. The monoisotopic (exact) mass is 593 g/mol. The third-order valence-electron chi connectivity index (χ3n) is 8.68. The molecule has 0 radical (unpaired) electrons. The van der Waals surface area contributed by atoms with Crippen molar-refractivity contribution < 1.29 is 4.42 Å². The van der Waals surface area contributed by atoms with Gasteiger partial charge in [-0.25, -0.2) is 0 Å². The number of fused-ring (bicyclic) bond motifs is 6. The smallest absolute Gasteiger partial charge is 0.137 e. The van der Waals surface area contributed by atoms with Crippen molar-refractivity contribution >= 4 is 70.5 Å². The lowest BCUT2D eigenvalue weighted by Crippen LogP contribution is -2.11. The highest BCUT2D eigenvalue weighted by atomic mass is 32.1. The molecule has 0 N–H and O–H groups in total. The number of para-hydroxylation sites is 1. The predicted octanol–water partition coefficient (Wildman–Crippen LogP) is 12.8. The molecule has 2 heterocycles. The van der Waals surface area contributed by atoms with Crippen LogP contribution < -0.4 is 4.90 Å². The third-order valence-corrected chi connectivity index (χ3v) is 9.88. The fraction of sp³-hybridized carbons (Fsp3) is 0. The molecule has 0 bridgehead atoms. The Kier molecular flexibility index (Phi) is 6.03. The zero-order valence-electron chi connectivity index (χ0n) is 24.4. The summed E-state index contributed by atoms with van der Waals surface area (Å²) >= 11 is 1.86. The maximum absolute atomic E-state index is 6.42. The van der Waals surface area contributed by atoms with Crippen LogP contribution >= 0.6 is 11.3 Å². The van der Waals surface area contributed by atoms with E-state index >= 15 is 0 Å². The average molecular weight is 594 g/mol. The van der Waals surface area contributed by atoms with E-state index in [-0.39, 0.29) is 0 Å². The Morgan fingerprint density at radius 1 is 0.422 bits per heavy atom. The molecule has 9 rings (SSSR count). The Labute approximate surface area is 265 Å².